The molecule has 0 atom stereocenters. The number of rotatable bonds is 4. The summed E-state index contributed by atoms with van der Waals surface area (Å²) in [5, 5.41) is 0. The maximum atomic E-state index is 12.3. The van der Waals surface area contributed by atoms with Crippen LogP contribution in [0.4, 0.5) is 0 Å². The monoisotopic (exact) mass is 305 g/mol. The van der Waals surface area contributed by atoms with Gasteiger partial charge in [0.05, 0.1) is 4.90 Å². The van der Waals surface area contributed by atoms with Crippen molar-refractivity contribution < 1.29 is 17.9 Å². The van der Waals surface area contributed by atoms with Gasteiger partial charge in [-0.05, 0) is 36.2 Å². The highest BCUT2D eigenvalue weighted by Crippen LogP contribution is 2.32. The molecule has 0 saturated carbocycles. The van der Waals surface area contributed by atoms with Crippen LogP contribution in [0.3, 0.4) is 0 Å². The Morgan fingerprint density at radius 3 is 2.67 bits per heavy atom. The average Bonchev–Trinajstić information content (AvgIpc) is 2.93. The molecule has 0 unspecified atom stereocenters. The van der Waals surface area contributed by atoms with Gasteiger partial charge in [0.25, 0.3) is 0 Å². The minimum absolute atomic E-state index is 0.202. The minimum Gasteiger partial charge on any atom is -0.454 e. The largest absolute Gasteiger partial charge is 0.454 e. The highest BCUT2D eigenvalue weighted by atomic mass is 32.2. The second kappa shape index (κ2) is 5.38. The van der Waals surface area contributed by atoms with Crippen LogP contribution < -0.4 is 14.2 Å². The van der Waals surface area contributed by atoms with Gasteiger partial charge in [0, 0.05) is 6.54 Å². The van der Waals surface area contributed by atoms with Crippen molar-refractivity contribution in [1.82, 2.24) is 4.72 Å². The van der Waals surface area contributed by atoms with Gasteiger partial charge in [0.1, 0.15) is 0 Å². The van der Waals surface area contributed by atoms with Gasteiger partial charge in [-0.3, -0.25) is 0 Å². The zero-order valence-electron chi connectivity index (χ0n) is 11.5. The van der Waals surface area contributed by atoms with Crippen LogP contribution in [-0.2, 0) is 16.6 Å². The molecule has 0 spiro atoms. The predicted octanol–water partition coefficient (Wildman–Crippen LogP) is 2.20. The fraction of sp³-hybridized carbons (Fsp3) is 0.200. The molecule has 21 heavy (non-hydrogen) atoms. The number of ether oxygens (including phenoxy) is 2. The smallest absolute Gasteiger partial charge is 0.241 e. The molecule has 2 aromatic rings. The number of nitrogens with one attached hydrogen (secondary N) is 1. The van der Waals surface area contributed by atoms with E-state index in [1.807, 2.05) is 12.1 Å². The topological polar surface area (TPSA) is 64.6 Å². The number of benzene rings is 2. The number of aryl methyl sites for hydroxylation is 1. The Morgan fingerprint density at radius 2 is 1.86 bits per heavy atom. The summed E-state index contributed by atoms with van der Waals surface area (Å²) < 4.78 is 37.7. The molecule has 0 aliphatic carbocycles. The van der Waals surface area contributed by atoms with Gasteiger partial charge in [0.2, 0.25) is 16.8 Å². The van der Waals surface area contributed by atoms with Gasteiger partial charge in [0.15, 0.2) is 11.5 Å². The van der Waals surface area contributed by atoms with E-state index in [2.05, 4.69) is 4.72 Å². The predicted molar refractivity (Wildman–Crippen MR) is 77.8 cm³/mol. The molecule has 0 radical (unpaired) electrons. The number of fused-ring (bicyclic) bond motifs is 1. The summed E-state index contributed by atoms with van der Waals surface area (Å²) in [7, 11) is -3.53. The van der Waals surface area contributed by atoms with Crippen LogP contribution in [0.5, 0.6) is 11.5 Å². The van der Waals surface area contributed by atoms with Crippen molar-refractivity contribution >= 4 is 10.0 Å². The Bertz CT molecular complexity index is 771. The molecule has 0 fully saturated rings. The molecule has 1 heterocycles. The van der Waals surface area contributed by atoms with Crippen LogP contribution in [0.15, 0.2) is 47.4 Å². The maximum absolute atomic E-state index is 12.3. The highest BCUT2D eigenvalue weighted by molar-refractivity contribution is 7.89. The van der Waals surface area contributed by atoms with Crippen LogP contribution in [-0.4, -0.2) is 15.2 Å². The molecule has 1 aliphatic heterocycles. The molecule has 1 N–H and O–H groups in total. The average molecular weight is 305 g/mol. The van der Waals surface area contributed by atoms with E-state index in [1.165, 1.54) is 0 Å². The second-order valence-electron chi connectivity index (χ2n) is 4.78. The number of sulfonamides is 1. The van der Waals surface area contributed by atoms with Crippen molar-refractivity contribution in [2.24, 2.45) is 0 Å². The molecule has 1 aliphatic rings. The molecule has 5 nitrogen and oxygen atoms in total. The molecular formula is C15H15NO4S. The fourth-order valence-corrected chi connectivity index (χ4v) is 3.43. The van der Waals surface area contributed by atoms with Crippen LogP contribution in [0.2, 0.25) is 0 Å². The van der Waals surface area contributed by atoms with Crippen LogP contribution >= 0.6 is 0 Å². The maximum Gasteiger partial charge on any atom is 0.241 e. The Balaban J connectivity index is 1.77. The van der Waals surface area contributed by atoms with E-state index in [0.717, 1.165) is 11.1 Å². The second-order valence-corrected chi connectivity index (χ2v) is 6.51. The molecule has 110 valence electrons. The minimum atomic E-state index is -3.53. The van der Waals surface area contributed by atoms with E-state index in [4.69, 9.17) is 9.47 Å². The SMILES string of the molecule is Cc1ccccc1S(=O)(=O)NCc1ccc2c(c1)OCO2. The lowest BCUT2D eigenvalue weighted by Crippen LogP contribution is -2.23. The number of hydrogen-bond donors (Lipinski definition) is 1. The van der Waals surface area contributed by atoms with E-state index in [1.54, 1.807) is 37.3 Å². The zero-order chi connectivity index (χ0) is 14.9. The molecule has 0 amide bonds. The molecule has 3 rings (SSSR count). The summed E-state index contributed by atoms with van der Waals surface area (Å²) >= 11 is 0. The Morgan fingerprint density at radius 1 is 1.10 bits per heavy atom. The van der Waals surface area contributed by atoms with Crippen molar-refractivity contribution in [2.75, 3.05) is 6.79 Å². The summed E-state index contributed by atoms with van der Waals surface area (Å²) in [5.41, 5.74) is 1.53. The Kier molecular flexibility index (Phi) is 3.57. The highest BCUT2D eigenvalue weighted by Gasteiger charge is 2.17. The summed E-state index contributed by atoms with van der Waals surface area (Å²) in [6, 6.07) is 12.3. The molecular weight excluding hydrogens is 290 g/mol. The first-order chi connectivity index (χ1) is 10.1. The van der Waals surface area contributed by atoms with Crippen molar-refractivity contribution in [3.8, 4) is 11.5 Å². The Labute approximate surface area is 123 Å². The quantitative estimate of drug-likeness (QED) is 0.940. The summed E-state index contributed by atoms with van der Waals surface area (Å²) in [4.78, 5) is 0.297. The van der Waals surface area contributed by atoms with Gasteiger partial charge >= 0.3 is 0 Å². The first-order valence-corrected chi connectivity index (χ1v) is 7.98. The van der Waals surface area contributed by atoms with Crippen LogP contribution in [0.25, 0.3) is 0 Å². The summed E-state index contributed by atoms with van der Waals surface area (Å²) in [6.07, 6.45) is 0. The molecule has 2 aromatic carbocycles. The third-order valence-electron chi connectivity index (χ3n) is 3.29. The number of hydrogen-bond acceptors (Lipinski definition) is 4. The van der Waals surface area contributed by atoms with E-state index in [9.17, 15) is 8.42 Å². The fourth-order valence-electron chi connectivity index (χ4n) is 2.16. The van der Waals surface area contributed by atoms with Crippen LogP contribution in [0.1, 0.15) is 11.1 Å². The van der Waals surface area contributed by atoms with Crippen molar-refractivity contribution in [2.45, 2.75) is 18.4 Å². The standard InChI is InChI=1S/C15H15NO4S/c1-11-4-2-3-5-15(11)21(17,18)16-9-12-6-7-13-14(8-12)20-10-19-13/h2-8,16H,9-10H2,1H3. The van der Waals surface area contributed by atoms with E-state index < -0.39 is 10.0 Å². The van der Waals surface area contributed by atoms with Gasteiger partial charge < -0.3 is 9.47 Å². The lowest BCUT2D eigenvalue weighted by Gasteiger charge is -2.09. The lowest BCUT2D eigenvalue weighted by atomic mass is 10.2. The van der Waals surface area contributed by atoms with Crippen molar-refractivity contribution in [1.29, 1.82) is 0 Å². The molecule has 0 saturated heterocycles. The molecule has 0 aromatic heterocycles. The lowest BCUT2D eigenvalue weighted by molar-refractivity contribution is 0.174. The van der Waals surface area contributed by atoms with Gasteiger partial charge in [-0.25, -0.2) is 13.1 Å². The summed E-state index contributed by atoms with van der Waals surface area (Å²) in [6.45, 7) is 2.18. The van der Waals surface area contributed by atoms with Gasteiger partial charge in [-0.15, -0.1) is 0 Å². The summed E-state index contributed by atoms with van der Waals surface area (Å²) in [5.74, 6) is 1.32. The Hall–Kier alpha value is -2.05. The van der Waals surface area contributed by atoms with Crippen molar-refractivity contribution in [3.63, 3.8) is 0 Å². The molecule has 0 bridgehead atoms. The third kappa shape index (κ3) is 2.86. The van der Waals surface area contributed by atoms with E-state index in [0.29, 0.717) is 16.4 Å². The third-order valence-corrected chi connectivity index (χ3v) is 4.85. The van der Waals surface area contributed by atoms with Gasteiger partial charge in [-0.1, -0.05) is 24.3 Å². The van der Waals surface area contributed by atoms with Crippen LogP contribution in [0, 0.1) is 6.92 Å². The normalized spacial score (nSPS) is 13.4. The first kappa shape index (κ1) is 13.9. The van der Waals surface area contributed by atoms with E-state index in [-0.39, 0.29) is 13.3 Å². The van der Waals surface area contributed by atoms with Gasteiger partial charge in [-0.2, -0.15) is 0 Å². The zero-order valence-corrected chi connectivity index (χ0v) is 12.3. The van der Waals surface area contributed by atoms with E-state index >= 15 is 0 Å². The first-order valence-electron chi connectivity index (χ1n) is 6.50. The van der Waals surface area contributed by atoms with Crippen molar-refractivity contribution in [3.05, 3.63) is 53.6 Å². The molecule has 6 heteroatoms.